The molecule has 0 aliphatic carbocycles. The molecule has 0 heterocycles. The quantitative estimate of drug-likeness (QED) is 0.318. The smallest absolute Gasteiger partial charge is 0.120 e. The molecular formula is C30H38O4. The van der Waals surface area contributed by atoms with E-state index in [-0.39, 0.29) is 13.2 Å². The van der Waals surface area contributed by atoms with Gasteiger partial charge in [0, 0.05) is 0 Å². The van der Waals surface area contributed by atoms with E-state index in [1.165, 1.54) is 22.3 Å². The lowest BCUT2D eigenvalue weighted by molar-refractivity contribution is 0.0283. The Balaban J connectivity index is 1.91. The standard InChI is InChI=1S/C30H38O4/c1-5-8-23-16-26(30(33,6-2)7-3)12-14-28(23)29-15-22(10-9-21(29)4)20-34-27-13-11-24(18-31)25(17-27)19-32/h9-17,31-33H,5-8,18-20H2,1-4H3. The third-order valence-electron chi connectivity index (χ3n) is 6.85. The van der Waals surface area contributed by atoms with Gasteiger partial charge in [0.25, 0.3) is 0 Å². The SMILES string of the molecule is CCCc1cc(C(O)(CC)CC)ccc1-c1cc(COc2ccc(CO)c(CO)c2)ccc1C. The van der Waals surface area contributed by atoms with Crippen LogP contribution in [0.1, 0.15) is 73.4 Å². The molecule has 0 saturated heterocycles. The molecule has 0 bridgehead atoms. The Labute approximate surface area is 203 Å². The zero-order valence-corrected chi connectivity index (χ0v) is 20.9. The van der Waals surface area contributed by atoms with Gasteiger partial charge in [-0.3, -0.25) is 0 Å². The number of benzene rings is 3. The van der Waals surface area contributed by atoms with Crippen LogP contribution >= 0.6 is 0 Å². The Hall–Kier alpha value is -2.66. The second-order valence-corrected chi connectivity index (χ2v) is 9.05. The number of hydrogen-bond donors (Lipinski definition) is 3. The summed E-state index contributed by atoms with van der Waals surface area (Å²) in [5.74, 6) is 0.665. The summed E-state index contributed by atoms with van der Waals surface area (Å²) in [4.78, 5) is 0. The number of aryl methyl sites for hydroxylation is 2. The maximum atomic E-state index is 11.1. The van der Waals surface area contributed by atoms with Crippen LogP contribution < -0.4 is 4.74 Å². The van der Waals surface area contributed by atoms with Crippen LogP contribution in [0.5, 0.6) is 5.75 Å². The lowest BCUT2D eigenvalue weighted by Gasteiger charge is -2.27. The van der Waals surface area contributed by atoms with Gasteiger partial charge in [-0.1, -0.05) is 63.6 Å². The van der Waals surface area contributed by atoms with Gasteiger partial charge < -0.3 is 20.1 Å². The summed E-state index contributed by atoms with van der Waals surface area (Å²) in [5, 5.41) is 30.0. The van der Waals surface area contributed by atoms with Crippen LogP contribution in [0, 0.1) is 6.92 Å². The van der Waals surface area contributed by atoms with Crippen LogP contribution in [0.2, 0.25) is 0 Å². The molecule has 34 heavy (non-hydrogen) atoms. The van der Waals surface area contributed by atoms with Gasteiger partial charge in [-0.05, 0) is 88.9 Å². The molecule has 3 N–H and O–H groups in total. The molecule has 182 valence electrons. The van der Waals surface area contributed by atoms with Gasteiger partial charge in [-0.25, -0.2) is 0 Å². The molecule has 3 rings (SSSR count). The van der Waals surface area contributed by atoms with Crippen LogP contribution in [0.15, 0.2) is 54.6 Å². The molecule has 0 unspecified atom stereocenters. The normalized spacial score (nSPS) is 11.6. The number of ether oxygens (including phenoxy) is 1. The fraction of sp³-hybridized carbons (Fsp3) is 0.400. The van der Waals surface area contributed by atoms with Crippen LogP contribution in [0.25, 0.3) is 11.1 Å². The minimum atomic E-state index is -0.787. The van der Waals surface area contributed by atoms with Crippen molar-refractivity contribution in [3.05, 3.63) is 88.0 Å². The van der Waals surface area contributed by atoms with E-state index in [4.69, 9.17) is 4.74 Å². The van der Waals surface area contributed by atoms with E-state index in [0.29, 0.717) is 36.3 Å². The minimum absolute atomic E-state index is 0.107. The van der Waals surface area contributed by atoms with Crippen LogP contribution in [-0.2, 0) is 31.8 Å². The second-order valence-electron chi connectivity index (χ2n) is 9.05. The molecule has 3 aromatic carbocycles. The maximum Gasteiger partial charge on any atom is 0.120 e. The van der Waals surface area contributed by atoms with Crippen molar-refractivity contribution in [1.29, 1.82) is 0 Å². The predicted octanol–water partition coefficient (Wildman–Crippen LogP) is 6.19. The molecule has 4 heteroatoms. The molecule has 0 aromatic heterocycles. The van der Waals surface area contributed by atoms with E-state index in [0.717, 1.165) is 24.0 Å². The third-order valence-corrected chi connectivity index (χ3v) is 6.85. The molecule has 0 fully saturated rings. The first-order valence-corrected chi connectivity index (χ1v) is 12.3. The molecular weight excluding hydrogens is 424 g/mol. The number of aliphatic hydroxyl groups is 3. The highest BCUT2D eigenvalue weighted by molar-refractivity contribution is 5.72. The van der Waals surface area contributed by atoms with Gasteiger partial charge >= 0.3 is 0 Å². The van der Waals surface area contributed by atoms with E-state index >= 15 is 0 Å². The van der Waals surface area contributed by atoms with E-state index in [1.807, 2.05) is 19.9 Å². The fourth-order valence-corrected chi connectivity index (χ4v) is 4.49. The average molecular weight is 463 g/mol. The van der Waals surface area contributed by atoms with E-state index in [9.17, 15) is 15.3 Å². The third kappa shape index (κ3) is 5.69. The summed E-state index contributed by atoms with van der Waals surface area (Å²) in [7, 11) is 0. The molecule has 0 radical (unpaired) electrons. The lowest BCUT2D eigenvalue weighted by atomic mass is 9.84. The molecule has 4 nitrogen and oxygen atoms in total. The van der Waals surface area contributed by atoms with Crippen molar-refractivity contribution in [3.63, 3.8) is 0 Å². The molecule has 0 amide bonds. The fourth-order valence-electron chi connectivity index (χ4n) is 4.49. The summed E-state index contributed by atoms with van der Waals surface area (Å²) in [6, 6.07) is 18.2. The van der Waals surface area contributed by atoms with Crippen molar-refractivity contribution < 1.29 is 20.1 Å². The molecule has 0 spiro atoms. The Morgan fingerprint density at radius 1 is 0.765 bits per heavy atom. The highest BCUT2D eigenvalue weighted by Crippen LogP contribution is 2.35. The molecule has 0 atom stereocenters. The highest BCUT2D eigenvalue weighted by Gasteiger charge is 2.25. The van der Waals surface area contributed by atoms with Crippen molar-refractivity contribution in [2.75, 3.05) is 0 Å². The Morgan fingerprint density at radius 2 is 1.50 bits per heavy atom. The maximum absolute atomic E-state index is 11.1. The molecule has 3 aromatic rings. The van der Waals surface area contributed by atoms with Crippen molar-refractivity contribution >= 4 is 0 Å². The molecule has 0 aliphatic heterocycles. The molecule has 0 saturated carbocycles. The summed E-state index contributed by atoms with van der Waals surface area (Å²) < 4.78 is 6.01. The van der Waals surface area contributed by atoms with Crippen LogP contribution in [0.3, 0.4) is 0 Å². The first-order chi connectivity index (χ1) is 16.4. The van der Waals surface area contributed by atoms with Crippen molar-refractivity contribution in [3.8, 4) is 16.9 Å². The van der Waals surface area contributed by atoms with Gasteiger partial charge in [0.15, 0.2) is 0 Å². The van der Waals surface area contributed by atoms with Gasteiger partial charge in [0.1, 0.15) is 12.4 Å². The van der Waals surface area contributed by atoms with Crippen LogP contribution in [0.4, 0.5) is 0 Å². The highest BCUT2D eigenvalue weighted by atomic mass is 16.5. The van der Waals surface area contributed by atoms with Gasteiger partial charge in [-0.15, -0.1) is 0 Å². The van der Waals surface area contributed by atoms with Gasteiger partial charge in [-0.2, -0.15) is 0 Å². The van der Waals surface area contributed by atoms with Crippen molar-refractivity contribution in [2.24, 2.45) is 0 Å². The topological polar surface area (TPSA) is 69.9 Å². The summed E-state index contributed by atoms with van der Waals surface area (Å²) in [6.45, 7) is 8.54. The van der Waals surface area contributed by atoms with Crippen molar-refractivity contribution in [2.45, 2.75) is 78.8 Å². The van der Waals surface area contributed by atoms with Gasteiger partial charge in [0.05, 0.1) is 18.8 Å². The van der Waals surface area contributed by atoms with Crippen molar-refractivity contribution in [1.82, 2.24) is 0 Å². The summed E-state index contributed by atoms with van der Waals surface area (Å²) in [5.41, 5.74) is 7.48. The minimum Gasteiger partial charge on any atom is -0.489 e. The summed E-state index contributed by atoms with van der Waals surface area (Å²) >= 11 is 0. The van der Waals surface area contributed by atoms with E-state index in [2.05, 4.69) is 50.2 Å². The number of hydrogen-bond acceptors (Lipinski definition) is 4. The average Bonchev–Trinajstić information content (AvgIpc) is 2.87. The molecule has 0 aliphatic rings. The number of rotatable bonds is 11. The van der Waals surface area contributed by atoms with Gasteiger partial charge in [0.2, 0.25) is 0 Å². The van der Waals surface area contributed by atoms with E-state index < -0.39 is 5.60 Å². The van der Waals surface area contributed by atoms with E-state index in [1.54, 1.807) is 12.1 Å². The Kier molecular flexibility index (Phi) is 8.90. The first-order valence-electron chi connectivity index (χ1n) is 12.3. The largest absolute Gasteiger partial charge is 0.489 e. The zero-order valence-electron chi connectivity index (χ0n) is 20.9. The monoisotopic (exact) mass is 462 g/mol. The van der Waals surface area contributed by atoms with Crippen LogP contribution in [-0.4, -0.2) is 15.3 Å². The number of aliphatic hydroxyl groups excluding tert-OH is 2. The predicted molar refractivity (Wildman–Crippen MR) is 138 cm³/mol. The Morgan fingerprint density at radius 3 is 2.15 bits per heavy atom. The Bertz CT molecular complexity index is 1100. The second kappa shape index (κ2) is 11.7. The first kappa shape index (κ1) is 26.0. The lowest BCUT2D eigenvalue weighted by Crippen LogP contribution is -2.23. The summed E-state index contributed by atoms with van der Waals surface area (Å²) in [6.07, 6.45) is 3.37. The zero-order chi connectivity index (χ0) is 24.7.